The summed E-state index contributed by atoms with van der Waals surface area (Å²) >= 11 is 1.77. The Bertz CT molecular complexity index is 583. The van der Waals surface area contributed by atoms with E-state index in [0.717, 1.165) is 32.0 Å². The first-order chi connectivity index (χ1) is 12.4. The second-order valence-electron chi connectivity index (χ2n) is 7.82. The predicted molar refractivity (Wildman–Crippen MR) is 111 cm³/mol. The minimum atomic E-state index is 0.0102. The van der Waals surface area contributed by atoms with Crippen molar-refractivity contribution in [2.24, 2.45) is 10.9 Å². The number of rotatable bonds is 7. The molecule has 1 aromatic rings. The molecule has 0 bridgehead atoms. The van der Waals surface area contributed by atoms with E-state index in [4.69, 9.17) is 4.99 Å². The number of hydrogen-bond acceptors (Lipinski definition) is 3. The van der Waals surface area contributed by atoms with E-state index in [1.54, 1.807) is 11.3 Å². The molecule has 1 unspecified atom stereocenters. The van der Waals surface area contributed by atoms with Crippen LogP contribution in [0.25, 0.3) is 0 Å². The standard InChI is InChI=1S/C20H34N4OS/c1-5-21-19(23-15-20(3,4)17-9-7-13-26-17)22-11-10-18(25)24-12-6-8-16(2)14-24/h7,9,13,16H,5-6,8,10-12,14-15H2,1-4H3,(H2,21,22,23). The molecule has 146 valence electrons. The fraction of sp³-hybridized carbons (Fsp3) is 0.700. The minimum Gasteiger partial charge on any atom is -0.357 e. The molecular formula is C20H34N4OS. The second-order valence-corrected chi connectivity index (χ2v) is 8.77. The summed E-state index contributed by atoms with van der Waals surface area (Å²) in [5.74, 6) is 1.66. The van der Waals surface area contributed by atoms with Gasteiger partial charge in [0, 0.05) is 42.9 Å². The molecular weight excluding hydrogens is 344 g/mol. The molecule has 1 atom stereocenters. The van der Waals surface area contributed by atoms with Gasteiger partial charge in [0.1, 0.15) is 0 Å². The van der Waals surface area contributed by atoms with Crippen molar-refractivity contribution in [3.63, 3.8) is 0 Å². The van der Waals surface area contributed by atoms with Crippen LogP contribution in [0.1, 0.15) is 51.8 Å². The van der Waals surface area contributed by atoms with Gasteiger partial charge >= 0.3 is 0 Å². The molecule has 0 aliphatic carbocycles. The number of piperidine rings is 1. The van der Waals surface area contributed by atoms with Crippen molar-refractivity contribution in [1.82, 2.24) is 15.5 Å². The van der Waals surface area contributed by atoms with Crippen LogP contribution < -0.4 is 10.6 Å². The van der Waals surface area contributed by atoms with Crippen LogP contribution in [0, 0.1) is 5.92 Å². The number of nitrogens with one attached hydrogen (secondary N) is 2. The van der Waals surface area contributed by atoms with Crippen LogP contribution in [0.4, 0.5) is 0 Å². The molecule has 0 radical (unpaired) electrons. The van der Waals surface area contributed by atoms with Gasteiger partial charge in [0.05, 0.1) is 6.54 Å². The van der Waals surface area contributed by atoms with E-state index < -0.39 is 0 Å². The molecule has 1 aliphatic rings. The monoisotopic (exact) mass is 378 g/mol. The maximum absolute atomic E-state index is 12.4. The Kier molecular flexibility index (Phi) is 7.94. The molecule has 0 spiro atoms. The Morgan fingerprint density at radius 2 is 2.23 bits per heavy atom. The third-order valence-electron chi connectivity index (χ3n) is 4.81. The van der Waals surface area contributed by atoms with Crippen molar-refractivity contribution in [1.29, 1.82) is 0 Å². The topological polar surface area (TPSA) is 56.7 Å². The number of carbonyl (C=O) groups is 1. The lowest BCUT2D eigenvalue weighted by atomic mass is 9.92. The zero-order chi connectivity index (χ0) is 19.0. The molecule has 6 heteroatoms. The van der Waals surface area contributed by atoms with Crippen LogP contribution >= 0.6 is 11.3 Å². The number of amides is 1. The predicted octanol–water partition coefficient (Wildman–Crippen LogP) is 3.23. The van der Waals surface area contributed by atoms with Crippen molar-refractivity contribution >= 4 is 23.2 Å². The van der Waals surface area contributed by atoms with Gasteiger partial charge in [0.15, 0.2) is 5.96 Å². The highest BCUT2D eigenvalue weighted by Crippen LogP contribution is 2.27. The number of nitrogens with zero attached hydrogens (tertiary/aromatic N) is 2. The Hall–Kier alpha value is -1.56. The van der Waals surface area contributed by atoms with E-state index in [2.05, 4.69) is 55.8 Å². The van der Waals surface area contributed by atoms with Crippen molar-refractivity contribution < 1.29 is 4.79 Å². The third kappa shape index (κ3) is 6.31. The maximum atomic E-state index is 12.4. The zero-order valence-corrected chi connectivity index (χ0v) is 17.5. The first kappa shape index (κ1) is 20.7. The largest absolute Gasteiger partial charge is 0.357 e. The van der Waals surface area contributed by atoms with E-state index in [1.165, 1.54) is 11.3 Å². The van der Waals surface area contributed by atoms with Gasteiger partial charge in [0.2, 0.25) is 5.91 Å². The first-order valence-electron chi connectivity index (χ1n) is 9.76. The Labute approximate surface area is 162 Å². The highest BCUT2D eigenvalue weighted by Gasteiger charge is 2.22. The zero-order valence-electron chi connectivity index (χ0n) is 16.7. The van der Waals surface area contributed by atoms with E-state index in [1.807, 2.05) is 4.90 Å². The van der Waals surface area contributed by atoms with Crippen LogP contribution in [-0.4, -0.2) is 49.5 Å². The Morgan fingerprint density at radius 1 is 1.42 bits per heavy atom. The average Bonchev–Trinajstić information content (AvgIpc) is 3.15. The number of thiophene rings is 1. The summed E-state index contributed by atoms with van der Waals surface area (Å²) in [7, 11) is 0. The molecule has 2 rings (SSSR count). The van der Waals surface area contributed by atoms with Gasteiger partial charge in [-0.1, -0.05) is 26.8 Å². The van der Waals surface area contributed by atoms with Crippen molar-refractivity contribution in [3.05, 3.63) is 22.4 Å². The normalized spacial score (nSPS) is 18.7. The first-order valence-corrected chi connectivity index (χ1v) is 10.6. The van der Waals surface area contributed by atoms with Crippen molar-refractivity contribution in [2.45, 2.75) is 52.4 Å². The number of likely N-dealkylation sites (tertiary alicyclic amines) is 1. The number of aliphatic imine (C=N–C) groups is 1. The molecule has 1 saturated heterocycles. The van der Waals surface area contributed by atoms with Crippen molar-refractivity contribution in [2.75, 3.05) is 32.7 Å². The molecule has 1 fully saturated rings. The SMILES string of the molecule is CCNC(=NCC(C)(C)c1cccs1)NCCC(=O)N1CCCC(C)C1. The molecule has 0 saturated carbocycles. The highest BCUT2D eigenvalue weighted by atomic mass is 32.1. The van der Waals surface area contributed by atoms with Crippen LogP contribution in [0.3, 0.4) is 0 Å². The minimum absolute atomic E-state index is 0.0102. The van der Waals surface area contributed by atoms with Crippen LogP contribution in [0.5, 0.6) is 0 Å². The Morgan fingerprint density at radius 3 is 2.88 bits per heavy atom. The summed E-state index contributed by atoms with van der Waals surface area (Å²) < 4.78 is 0. The average molecular weight is 379 g/mol. The van der Waals surface area contributed by atoms with Gasteiger partial charge in [-0.3, -0.25) is 9.79 Å². The summed E-state index contributed by atoms with van der Waals surface area (Å²) in [6.07, 6.45) is 2.88. The molecule has 0 aromatic carbocycles. The summed E-state index contributed by atoms with van der Waals surface area (Å²) in [4.78, 5) is 20.5. The lowest BCUT2D eigenvalue weighted by molar-refractivity contribution is -0.132. The van der Waals surface area contributed by atoms with E-state index >= 15 is 0 Å². The lowest BCUT2D eigenvalue weighted by Crippen LogP contribution is -2.43. The summed E-state index contributed by atoms with van der Waals surface area (Å²) in [5, 5.41) is 8.70. The van der Waals surface area contributed by atoms with E-state index in [-0.39, 0.29) is 11.3 Å². The third-order valence-corrected chi connectivity index (χ3v) is 6.04. The van der Waals surface area contributed by atoms with E-state index in [0.29, 0.717) is 25.4 Å². The van der Waals surface area contributed by atoms with E-state index in [9.17, 15) is 4.79 Å². The van der Waals surface area contributed by atoms with Gasteiger partial charge < -0.3 is 15.5 Å². The quantitative estimate of drug-likeness (QED) is 0.566. The lowest BCUT2D eigenvalue weighted by Gasteiger charge is -2.31. The van der Waals surface area contributed by atoms with Gasteiger partial charge in [-0.05, 0) is 37.1 Å². The summed E-state index contributed by atoms with van der Waals surface area (Å²) in [6, 6.07) is 4.25. The Balaban J connectivity index is 1.82. The van der Waals surface area contributed by atoms with Gasteiger partial charge in [0.25, 0.3) is 0 Å². The van der Waals surface area contributed by atoms with Gasteiger partial charge in [-0.2, -0.15) is 0 Å². The van der Waals surface area contributed by atoms with Crippen LogP contribution in [0.15, 0.2) is 22.5 Å². The summed E-state index contributed by atoms with van der Waals surface area (Å²) in [5.41, 5.74) is 0.0102. The number of carbonyl (C=O) groups excluding carboxylic acids is 1. The van der Waals surface area contributed by atoms with Gasteiger partial charge in [-0.25, -0.2) is 0 Å². The van der Waals surface area contributed by atoms with Crippen LogP contribution in [0.2, 0.25) is 0 Å². The molecule has 2 N–H and O–H groups in total. The summed E-state index contributed by atoms with van der Waals surface area (Å²) in [6.45, 7) is 12.7. The van der Waals surface area contributed by atoms with Gasteiger partial charge in [-0.15, -0.1) is 11.3 Å². The molecule has 1 amide bonds. The molecule has 5 nitrogen and oxygen atoms in total. The molecule has 2 heterocycles. The molecule has 26 heavy (non-hydrogen) atoms. The fourth-order valence-electron chi connectivity index (χ4n) is 3.22. The molecule has 1 aliphatic heterocycles. The smallest absolute Gasteiger partial charge is 0.224 e. The number of hydrogen-bond donors (Lipinski definition) is 2. The molecule has 1 aromatic heterocycles. The van der Waals surface area contributed by atoms with Crippen LogP contribution in [-0.2, 0) is 10.2 Å². The fourth-order valence-corrected chi connectivity index (χ4v) is 4.07. The number of guanidine groups is 1. The second kappa shape index (κ2) is 9.95. The highest BCUT2D eigenvalue weighted by molar-refractivity contribution is 7.10. The van der Waals surface area contributed by atoms with Crippen molar-refractivity contribution in [3.8, 4) is 0 Å². The maximum Gasteiger partial charge on any atom is 0.224 e.